The lowest BCUT2D eigenvalue weighted by atomic mass is 10.0. The number of likely N-dealkylation sites (tertiary alicyclic amines) is 1. The molecule has 2 aromatic rings. The lowest BCUT2D eigenvalue weighted by Crippen LogP contribution is -2.30. The Morgan fingerprint density at radius 3 is 2.48 bits per heavy atom. The number of halogens is 3. The summed E-state index contributed by atoms with van der Waals surface area (Å²) in [6, 6.07) is 11.7. The van der Waals surface area contributed by atoms with E-state index < -0.39 is 11.9 Å². The third-order valence-electron chi connectivity index (χ3n) is 4.00. The van der Waals surface area contributed by atoms with Crippen LogP contribution in [-0.2, 0) is 6.18 Å². The molecular formula is C17H15F3N2O. The van der Waals surface area contributed by atoms with Gasteiger partial charge in [-0.15, -0.1) is 0 Å². The average molecular weight is 320 g/mol. The van der Waals surface area contributed by atoms with E-state index in [-0.39, 0.29) is 17.5 Å². The van der Waals surface area contributed by atoms with Crippen LogP contribution in [0.15, 0.2) is 48.7 Å². The van der Waals surface area contributed by atoms with Crippen molar-refractivity contribution in [1.82, 2.24) is 9.88 Å². The number of aromatic nitrogens is 1. The van der Waals surface area contributed by atoms with Crippen LogP contribution in [0.25, 0.3) is 0 Å². The summed E-state index contributed by atoms with van der Waals surface area (Å²) >= 11 is 0. The average Bonchev–Trinajstić information content (AvgIpc) is 3.04. The molecule has 0 bridgehead atoms. The fourth-order valence-corrected chi connectivity index (χ4v) is 2.89. The normalized spacial score (nSPS) is 18.2. The van der Waals surface area contributed by atoms with Gasteiger partial charge in [-0.25, -0.2) is 0 Å². The van der Waals surface area contributed by atoms with Crippen LogP contribution in [0.5, 0.6) is 0 Å². The van der Waals surface area contributed by atoms with Crippen LogP contribution < -0.4 is 0 Å². The highest BCUT2D eigenvalue weighted by Gasteiger charge is 2.34. The Labute approximate surface area is 131 Å². The van der Waals surface area contributed by atoms with Gasteiger partial charge in [-0.05, 0) is 30.5 Å². The predicted octanol–water partition coefficient (Wildman–Crippen LogP) is 4.08. The summed E-state index contributed by atoms with van der Waals surface area (Å²) in [6.07, 6.45) is -1.77. The second-order valence-corrected chi connectivity index (χ2v) is 5.50. The Hall–Kier alpha value is -2.37. The summed E-state index contributed by atoms with van der Waals surface area (Å²) in [5.74, 6) is -0.280. The fourth-order valence-electron chi connectivity index (χ4n) is 2.89. The van der Waals surface area contributed by atoms with Crippen molar-refractivity contribution in [2.24, 2.45) is 0 Å². The number of alkyl halides is 3. The van der Waals surface area contributed by atoms with E-state index >= 15 is 0 Å². The largest absolute Gasteiger partial charge is 0.433 e. The molecule has 1 unspecified atom stereocenters. The molecular weight excluding hydrogens is 305 g/mol. The van der Waals surface area contributed by atoms with E-state index in [1.54, 1.807) is 4.90 Å². The van der Waals surface area contributed by atoms with E-state index in [1.165, 1.54) is 6.07 Å². The smallest absolute Gasteiger partial charge is 0.332 e. The minimum Gasteiger partial charge on any atom is -0.332 e. The van der Waals surface area contributed by atoms with Gasteiger partial charge >= 0.3 is 6.18 Å². The fraction of sp³-hybridized carbons (Fsp3) is 0.294. The minimum atomic E-state index is -4.50. The number of nitrogens with zero attached hydrogens (tertiary/aromatic N) is 2. The van der Waals surface area contributed by atoms with Crippen molar-refractivity contribution >= 4 is 5.91 Å². The Morgan fingerprint density at radius 1 is 1.13 bits per heavy atom. The minimum absolute atomic E-state index is 0.0361. The molecule has 3 nitrogen and oxygen atoms in total. The maximum absolute atomic E-state index is 12.6. The highest BCUT2D eigenvalue weighted by molar-refractivity contribution is 5.94. The molecule has 120 valence electrons. The van der Waals surface area contributed by atoms with Crippen LogP contribution >= 0.6 is 0 Å². The van der Waals surface area contributed by atoms with Crippen molar-refractivity contribution in [3.63, 3.8) is 0 Å². The van der Waals surface area contributed by atoms with E-state index in [2.05, 4.69) is 4.98 Å². The maximum atomic E-state index is 12.6. The first kappa shape index (κ1) is 15.5. The van der Waals surface area contributed by atoms with Gasteiger partial charge in [0.25, 0.3) is 5.91 Å². The number of carbonyl (C=O) groups excluding carboxylic acids is 1. The number of hydrogen-bond donors (Lipinski definition) is 0. The second kappa shape index (κ2) is 6.02. The van der Waals surface area contributed by atoms with Crippen molar-refractivity contribution in [2.75, 3.05) is 6.54 Å². The number of pyridine rings is 1. The molecule has 1 atom stereocenters. The molecule has 3 rings (SSSR count). The Kier molecular flexibility index (Phi) is 4.07. The molecule has 1 aromatic heterocycles. The van der Waals surface area contributed by atoms with E-state index in [0.29, 0.717) is 6.54 Å². The van der Waals surface area contributed by atoms with Crippen molar-refractivity contribution in [1.29, 1.82) is 0 Å². The first-order valence-electron chi connectivity index (χ1n) is 7.36. The van der Waals surface area contributed by atoms with Crippen LogP contribution in [0, 0.1) is 0 Å². The van der Waals surface area contributed by atoms with Gasteiger partial charge in [-0.3, -0.25) is 9.78 Å². The third-order valence-corrected chi connectivity index (χ3v) is 4.00. The molecule has 0 saturated carbocycles. The van der Waals surface area contributed by atoms with Gasteiger partial charge in [0.1, 0.15) is 5.69 Å². The van der Waals surface area contributed by atoms with E-state index in [1.807, 2.05) is 30.3 Å². The molecule has 1 amide bonds. The Balaban J connectivity index is 1.82. The monoisotopic (exact) mass is 320 g/mol. The number of rotatable bonds is 2. The van der Waals surface area contributed by atoms with Crippen LogP contribution in [0.2, 0.25) is 0 Å². The Morgan fingerprint density at radius 2 is 1.87 bits per heavy atom. The summed E-state index contributed by atoms with van der Waals surface area (Å²) < 4.78 is 37.6. The zero-order valence-corrected chi connectivity index (χ0v) is 12.3. The van der Waals surface area contributed by atoms with Crippen molar-refractivity contribution in [2.45, 2.75) is 25.1 Å². The van der Waals surface area contributed by atoms with E-state index in [9.17, 15) is 18.0 Å². The Bertz CT molecular complexity index is 683. The molecule has 1 aliphatic rings. The summed E-state index contributed by atoms with van der Waals surface area (Å²) in [4.78, 5) is 17.7. The lowest BCUT2D eigenvalue weighted by molar-refractivity contribution is -0.141. The molecule has 23 heavy (non-hydrogen) atoms. The molecule has 0 N–H and O–H groups in total. The van der Waals surface area contributed by atoms with Crippen molar-refractivity contribution in [3.05, 3.63) is 65.5 Å². The lowest BCUT2D eigenvalue weighted by Gasteiger charge is -2.25. The molecule has 6 heteroatoms. The summed E-state index contributed by atoms with van der Waals surface area (Å²) in [6.45, 7) is 0.597. The third kappa shape index (κ3) is 3.21. The molecule has 1 saturated heterocycles. The second-order valence-electron chi connectivity index (χ2n) is 5.50. The van der Waals surface area contributed by atoms with E-state index in [4.69, 9.17) is 0 Å². The van der Waals surface area contributed by atoms with E-state index in [0.717, 1.165) is 30.7 Å². The molecule has 0 aliphatic carbocycles. The topological polar surface area (TPSA) is 33.2 Å². The van der Waals surface area contributed by atoms with Crippen LogP contribution in [-0.4, -0.2) is 22.3 Å². The maximum Gasteiger partial charge on any atom is 0.433 e. The standard InChI is InChI=1S/C17H15F3N2O/c18-17(19,20)15-9-8-13(11-21-15)16(23)22-10-4-7-14(22)12-5-2-1-3-6-12/h1-3,5-6,8-9,11,14H,4,7,10H2. The highest BCUT2D eigenvalue weighted by Crippen LogP contribution is 2.33. The molecule has 1 fully saturated rings. The zero-order chi connectivity index (χ0) is 16.4. The number of amides is 1. The van der Waals surface area contributed by atoms with Crippen molar-refractivity contribution < 1.29 is 18.0 Å². The summed E-state index contributed by atoms with van der Waals surface area (Å²) in [7, 11) is 0. The van der Waals surface area contributed by atoms with Crippen LogP contribution in [0.3, 0.4) is 0 Å². The molecule has 0 radical (unpaired) electrons. The van der Waals surface area contributed by atoms with Crippen LogP contribution in [0.1, 0.15) is 40.5 Å². The predicted molar refractivity (Wildman–Crippen MR) is 78.7 cm³/mol. The highest BCUT2D eigenvalue weighted by atomic mass is 19.4. The van der Waals surface area contributed by atoms with Gasteiger partial charge in [0.05, 0.1) is 11.6 Å². The van der Waals surface area contributed by atoms with Gasteiger partial charge in [0, 0.05) is 12.7 Å². The molecule has 2 heterocycles. The number of benzene rings is 1. The van der Waals surface area contributed by atoms with Gasteiger partial charge in [0.2, 0.25) is 0 Å². The first-order chi connectivity index (χ1) is 11.0. The van der Waals surface area contributed by atoms with Gasteiger partial charge < -0.3 is 4.90 Å². The molecule has 1 aromatic carbocycles. The summed E-state index contributed by atoms with van der Waals surface area (Å²) in [5.41, 5.74) is 0.231. The van der Waals surface area contributed by atoms with Crippen LogP contribution in [0.4, 0.5) is 13.2 Å². The van der Waals surface area contributed by atoms with Gasteiger partial charge in [-0.2, -0.15) is 13.2 Å². The van der Waals surface area contributed by atoms with Gasteiger partial charge in [-0.1, -0.05) is 30.3 Å². The number of carbonyl (C=O) groups is 1. The first-order valence-corrected chi connectivity index (χ1v) is 7.36. The molecule has 1 aliphatic heterocycles. The quantitative estimate of drug-likeness (QED) is 0.835. The van der Waals surface area contributed by atoms with Crippen molar-refractivity contribution in [3.8, 4) is 0 Å². The SMILES string of the molecule is O=C(c1ccc(C(F)(F)F)nc1)N1CCCC1c1ccccc1. The zero-order valence-electron chi connectivity index (χ0n) is 12.3. The number of hydrogen-bond acceptors (Lipinski definition) is 2. The van der Waals surface area contributed by atoms with Gasteiger partial charge in [0.15, 0.2) is 0 Å². The molecule has 0 spiro atoms. The summed E-state index contributed by atoms with van der Waals surface area (Å²) in [5, 5.41) is 0.